The van der Waals surface area contributed by atoms with Crippen molar-refractivity contribution in [3.63, 3.8) is 0 Å². The second-order valence-corrected chi connectivity index (χ2v) is 6.09. The summed E-state index contributed by atoms with van der Waals surface area (Å²) in [4.78, 5) is 24.3. The minimum Gasteiger partial charge on any atom is -0.377 e. The molecule has 0 radical (unpaired) electrons. The van der Waals surface area contributed by atoms with Gasteiger partial charge in [0, 0.05) is 18.3 Å². The van der Waals surface area contributed by atoms with Gasteiger partial charge in [0.1, 0.15) is 0 Å². The summed E-state index contributed by atoms with van der Waals surface area (Å²) < 4.78 is 3.35. The summed E-state index contributed by atoms with van der Waals surface area (Å²) in [6.45, 7) is 1.91. The summed E-state index contributed by atoms with van der Waals surface area (Å²) in [5.74, 6) is 1.13. The Balaban J connectivity index is 1.82. The fourth-order valence-electron chi connectivity index (χ4n) is 3.13. The van der Waals surface area contributed by atoms with Gasteiger partial charge in [-0.25, -0.2) is 0 Å². The number of ketones is 1. The molecule has 0 aliphatic carbocycles. The molecule has 4 rings (SSSR count). The van der Waals surface area contributed by atoms with Gasteiger partial charge in [-0.1, -0.05) is 24.3 Å². The lowest BCUT2D eigenvalue weighted by atomic mass is 10.1. The first-order valence-corrected chi connectivity index (χ1v) is 8.23. The number of rotatable bonds is 4. The average molecular weight is 347 g/mol. The van der Waals surface area contributed by atoms with Crippen LogP contribution >= 0.6 is 0 Å². The summed E-state index contributed by atoms with van der Waals surface area (Å²) in [7, 11) is 1.68. The van der Waals surface area contributed by atoms with E-state index >= 15 is 0 Å². The van der Waals surface area contributed by atoms with E-state index in [2.05, 4.69) is 15.5 Å². The number of hydrogen-bond donors (Lipinski definition) is 1. The number of hydrogen-bond acceptors (Lipinski definition) is 5. The van der Waals surface area contributed by atoms with Crippen LogP contribution in [0.15, 0.2) is 53.3 Å². The van der Waals surface area contributed by atoms with E-state index in [1.807, 2.05) is 40.8 Å². The molecule has 0 unspecified atom stereocenters. The van der Waals surface area contributed by atoms with Crippen LogP contribution in [0.2, 0.25) is 0 Å². The highest BCUT2D eigenvalue weighted by atomic mass is 16.1. The van der Waals surface area contributed by atoms with Gasteiger partial charge in [-0.15, -0.1) is 10.2 Å². The van der Waals surface area contributed by atoms with E-state index < -0.39 is 0 Å². The molecule has 0 aliphatic rings. The zero-order chi connectivity index (χ0) is 18.3. The number of anilines is 1. The molecule has 4 aromatic rings. The predicted molar refractivity (Wildman–Crippen MR) is 99.5 cm³/mol. The zero-order valence-corrected chi connectivity index (χ0v) is 14.4. The van der Waals surface area contributed by atoms with Gasteiger partial charge in [0.25, 0.3) is 5.56 Å². The third-order valence-electron chi connectivity index (χ3n) is 4.44. The van der Waals surface area contributed by atoms with Crippen LogP contribution in [0.4, 0.5) is 5.69 Å². The molecular formula is C19H17N5O2. The Morgan fingerprint density at radius 1 is 1.08 bits per heavy atom. The lowest BCUT2D eigenvalue weighted by Gasteiger charge is -2.11. The Kier molecular flexibility index (Phi) is 3.76. The number of Topliss-reactive ketones (excluding diaryl/α,β-unsaturated/α-hetero) is 1. The molecule has 0 atom stereocenters. The van der Waals surface area contributed by atoms with Gasteiger partial charge in [-0.2, -0.15) is 0 Å². The molecule has 2 heterocycles. The van der Waals surface area contributed by atoms with E-state index in [4.69, 9.17) is 0 Å². The van der Waals surface area contributed by atoms with Gasteiger partial charge in [0.05, 0.1) is 17.4 Å². The van der Waals surface area contributed by atoms with Crippen LogP contribution in [0.3, 0.4) is 0 Å². The Morgan fingerprint density at radius 2 is 1.81 bits per heavy atom. The van der Waals surface area contributed by atoms with Crippen molar-refractivity contribution in [2.24, 2.45) is 7.05 Å². The molecule has 0 saturated heterocycles. The molecular weight excluding hydrogens is 330 g/mol. The van der Waals surface area contributed by atoms with Gasteiger partial charge < -0.3 is 5.32 Å². The molecule has 7 nitrogen and oxygen atoms in total. The van der Waals surface area contributed by atoms with Crippen LogP contribution in [0.25, 0.3) is 16.7 Å². The average Bonchev–Trinajstić information content (AvgIpc) is 3.09. The smallest absolute Gasteiger partial charge is 0.262 e. The highest BCUT2D eigenvalue weighted by Gasteiger charge is 2.15. The first-order chi connectivity index (χ1) is 12.6. The lowest BCUT2D eigenvalue weighted by molar-refractivity contribution is 0.101. The van der Waals surface area contributed by atoms with E-state index in [9.17, 15) is 9.59 Å². The van der Waals surface area contributed by atoms with Crippen molar-refractivity contribution >= 4 is 28.2 Å². The van der Waals surface area contributed by atoms with Crippen LogP contribution in [0, 0.1) is 0 Å². The molecule has 7 heteroatoms. The van der Waals surface area contributed by atoms with E-state index in [1.165, 1.54) is 11.5 Å². The Hall–Kier alpha value is -3.48. The van der Waals surface area contributed by atoms with Crippen molar-refractivity contribution in [3.05, 3.63) is 70.3 Å². The maximum Gasteiger partial charge on any atom is 0.262 e. The molecule has 0 fully saturated rings. The highest BCUT2D eigenvalue weighted by molar-refractivity contribution is 5.99. The second-order valence-electron chi connectivity index (χ2n) is 6.09. The van der Waals surface area contributed by atoms with Crippen molar-refractivity contribution in [1.29, 1.82) is 0 Å². The number of carbonyl (C=O) groups is 1. The maximum atomic E-state index is 12.5. The standard InChI is InChI=1S/C19H17N5O2/c1-12(25)13-7-3-5-9-15(13)20-11-17-21-22-19-23(2)18(26)14-8-4-6-10-16(14)24(17)19/h3-10,20H,11H2,1-2H3. The molecule has 0 saturated carbocycles. The quantitative estimate of drug-likeness (QED) is 0.573. The minimum absolute atomic E-state index is 0.00736. The van der Waals surface area contributed by atoms with Crippen molar-refractivity contribution in [2.45, 2.75) is 13.5 Å². The molecule has 26 heavy (non-hydrogen) atoms. The van der Waals surface area contributed by atoms with Gasteiger partial charge >= 0.3 is 0 Å². The van der Waals surface area contributed by atoms with Crippen molar-refractivity contribution in [3.8, 4) is 0 Å². The minimum atomic E-state index is -0.109. The molecule has 0 bridgehead atoms. The maximum absolute atomic E-state index is 12.5. The number of aryl methyl sites for hydroxylation is 1. The Labute approximate surface area is 148 Å². The summed E-state index contributed by atoms with van der Waals surface area (Å²) in [5, 5.41) is 12.3. The van der Waals surface area contributed by atoms with Gasteiger partial charge in [0.2, 0.25) is 5.78 Å². The third-order valence-corrected chi connectivity index (χ3v) is 4.44. The molecule has 1 N–H and O–H groups in total. The summed E-state index contributed by atoms with van der Waals surface area (Å²) >= 11 is 0. The van der Waals surface area contributed by atoms with Gasteiger partial charge in [-0.3, -0.25) is 18.6 Å². The highest BCUT2D eigenvalue weighted by Crippen LogP contribution is 2.18. The number of para-hydroxylation sites is 2. The van der Waals surface area contributed by atoms with Gasteiger partial charge in [0.15, 0.2) is 11.6 Å². The Morgan fingerprint density at radius 3 is 2.62 bits per heavy atom. The van der Waals surface area contributed by atoms with Crippen LogP contribution in [0.5, 0.6) is 0 Å². The molecule has 2 aromatic heterocycles. The van der Waals surface area contributed by atoms with Crippen LogP contribution in [-0.4, -0.2) is 24.9 Å². The lowest BCUT2D eigenvalue weighted by Crippen LogP contribution is -2.20. The van der Waals surface area contributed by atoms with E-state index in [1.54, 1.807) is 19.2 Å². The number of fused-ring (bicyclic) bond motifs is 3. The number of aromatic nitrogens is 4. The normalized spacial score (nSPS) is 11.2. The largest absolute Gasteiger partial charge is 0.377 e. The molecule has 2 aromatic carbocycles. The van der Waals surface area contributed by atoms with Crippen molar-refractivity contribution in [1.82, 2.24) is 19.2 Å². The first kappa shape index (κ1) is 16.0. The SMILES string of the molecule is CC(=O)c1ccccc1NCc1nnc2n(C)c(=O)c3ccccc3n12. The van der Waals surface area contributed by atoms with Gasteiger partial charge in [-0.05, 0) is 31.2 Å². The number of benzene rings is 2. The van der Waals surface area contributed by atoms with Crippen LogP contribution in [0.1, 0.15) is 23.1 Å². The molecule has 130 valence electrons. The van der Waals surface area contributed by atoms with Crippen LogP contribution in [-0.2, 0) is 13.6 Å². The fourth-order valence-corrected chi connectivity index (χ4v) is 3.13. The van der Waals surface area contributed by atoms with Crippen molar-refractivity contribution < 1.29 is 4.79 Å². The number of nitrogens with one attached hydrogen (secondary N) is 1. The second kappa shape index (κ2) is 6.11. The number of nitrogens with zero attached hydrogens (tertiary/aromatic N) is 4. The monoisotopic (exact) mass is 347 g/mol. The third kappa shape index (κ3) is 2.45. The zero-order valence-electron chi connectivity index (χ0n) is 14.4. The summed E-state index contributed by atoms with van der Waals surface area (Å²) in [6, 6.07) is 14.7. The summed E-state index contributed by atoms with van der Waals surface area (Å²) in [6.07, 6.45) is 0. The first-order valence-electron chi connectivity index (χ1n) is 8.23. The molecule has 0 aliphatic heterocycles. The van der Waals surface area contributed by atoms with E-state index in [-0.39, 0.29) is 11.3 Å². The molecule has 0 amide bonds. The van der Waals surface area contributed by atoms with E-state index in [0.29, 0.717) is 29.1 Å². The summed E-state index contributed by atoms with van der Waals surface area (Å²) in [5.41, 5.74) is 2.01. The predicted octanol–water partition coefficient (Wildman–Crippen LogP) is 2.40. The molecule has 0 spiro atoms. The van der Waals surface area contributed by atoms with Crippen molar-refractivity contribution in [2.75, 3.05) is 5.32 Å². The Bertz CT molecular complexity index is 1210. The van der Waals surface area contributed by atoms with E-state index in [0.717, 1.165) is 11.2 Å². The fraction of sp³-hybridized carbons (Fsp3) is 0.158. The van der Waals surface area contributed by atoms with Crippen LogP contribution < -0.4 is 10.9 Å². The number of carbonyl (C=O) groups excluding carboxylic acids is 1. The topological polar surface area (TPSA) is 81.3 Å².